The van der Waals surface area contributed by atoms with E-state index in [1.165, 1.54) is 5.56 Å². The molecule has 21 heavy (non-hydrogen) atoms. The van der Waals surface area contributed by atoms with Crippen molar-refractivity contribution in [3.63, 3.8) is 0 Å². The molecule has 0 fully saturated rings. The molecule has 2 aromatic rings. The van der Waals surface area contributed by atoms with E-state index < -0.39 is 0 Å². The maximum absolute atomic E-state index is 12.2. The van der Waals surface area contributed by atoms with Crippen LogP contribution in [0.25, 0.3) is 0 Å². The zero-order chi connectivity index (χ0) is 15.2. The van der Waals surface area contributed by atoms with Gasteiger partial charge in [-0.1, -0.05) is 48.9 Å². The van der Waals surface area contributed by atoms with Crippen molar-refractivity contribution in [3.8, 4) is 0 Å². The molecule has 1 unspecified atom stereocenters. The summed E-state index contributed by atoms with van der Waals surface area (Å²) in [4.78, 5) is 12.2. The Labute approximate surface area is 126 Å². The average Bonchev–Trinajstić information content (AvgIpc) is 2.48. The largest absolute Gasteiger partial charge is 0.399 e. The minimum absolute atomic E-state index is 0.0344. The van der Waals surface area contributed by atoms with Crippen molar-refractivity contribution in [2.45, 2.75) is 32.7 Å². The van der Waals surface area contributed by atoms with Crippen molar-refractivity contribution < 1.29 is 4.79 Å². The Morgan fingerprint density at radius 2 is 1.71 bits per heavy atom. The molecule has 0 saturated carbocycles. The van der Waals surface area contributed by atoms with Crippen LogP contribution in [0, 0.1) is 6.92 Å². The summed E-state index contributed by atoms with van der Waals surface area (Å²) >= 11 is 0. The minimum atomic E-state index is 0.0344. The van der Waals surface area contributed by atoms with Crippen LogP contribution in [0.2, 0.25) is 0 Å². The Kier molecular flexibility index (Phi) is 4.99. The number of hydrogen-bond acceptors (Lipinski definition) is 2. The van der Waals surface area contributed by atoms with Crippen molar-refractivity contribution in [1.82, 2.24) is 5.32 Å². The minimum Gasteiger partial charge on any atom is -0.399 e. The number of nitrogens with two attached hydrogens (primary N) is 1. The third-order valence-corrected chi connectivity index (χ3v) is 3.57. The standard InChI is InChI=1S/C18H22N2O/c1-3-17(15-8-4-13(2)5-9-15)20-18(21)12-14-6-10-16(19)11-7-14/h4-11,17H,3,12,19H2,1-2H3,(H,20,21). The van der Waals surface area contributed by atoms with E-state index in [1.807, 2.05) is 24.3 Å². The number of rotatable bonds is 5. The summed E-state index contributed by atoms with van der Waals surface area (Å²) in [6.45, 7) is 4.14. The molecule has 1 atom stereocenters. The van der Waals surface area contributed by atoms with Crippen molar-refractivity contribution in [2.75, 3.05) is 5.73 Å². The molecule has 3 heteroatoms. The first kappa shape index (κ1) is 15.1. The third-order valence-electron chi connectivity index (χ3n) is 3.57. The lowest BCUT2D eigenvalue weighted by atomic mass is 10.0. The fourth-order valence-corrected chi connectivity index (χ4v) is 2.29. The molecule has 0 radical (unpaired) electrons. The Balaban J connectivity index is 1.99. The SMILES string of the molecule is CCC(NC(=O)Cc1ccc(N)cc1)c1ccc(C)cc1. The second kappa shape index (κ2) is 6.93. The molecule has 0 spiro atoms. The monoisotopic (exact) mass is 282 g/mol. The second-order valence-corrected chi connectivity index (χ2v) is 5.36. The Morgan fingerprint density at radius 3 is 2.29 bits per heavy atom. The maximum atomic E-state index is 12.2. The topological polar surface area (TPSA) is 55.1 Å². The van der Waals surface area contributed by atoms with Gasteiger partial charge in [-0.15, -0.1) is 0 Å². The predicted molar refractivity (Wildman–Crippen MR) is 86.9 cm³/mol. The number of hydrogen-bond donors (Lipinski definition) is 2. The van der Waals surface area contributed by atoms with Gasteiger partial charge >= 0.3 is 0 Å². The maximum Gasteiger partial charge on any atom is 0.224 e. The number of aryl methyl sites for hydroxylation is 1. The molecule has 0 aliphatic rings. The highest BCUT2D eigenvalue weighted by atomic mass is 16.1. The predicted octanol–water partition coefficient (Wildman–Crippen LogP) is 3.39. The quantitative estimate of drug-likeness (QED) is 0.826. The fourth-order valence-electron chi connectivity index (χ4n) is 2.29. The van der Waals surface area contributed by atoms with Crippen LogP contribution in [0.3, 0.4) is 0 Å². The first-order chi connectivity index (χ1) is 10.1. The van der Waals surface area contributed by atoms with Gasteiger partial charge in [0.25, 0.3) is 0 Å². The summed E-state index contributed by atoms with van der Waals surface area (Å²) in [7, 11) is 0. The van der Waals surface area contributed by atoms with Gasteiger partial charge in [0.15, 0.2) is 0 Å². The van der Waals surface area contributed by atoms with Crippen LogP contribution in [0.15, 0.2) is 48.5 Å². The van der Waals surface area contributed by atoms with Crippen LogP contribution in [0.5, 0.6) is 0 Å². The van der Waals surface area contributed by atoms with Crippen LogP contribution in [-0.2, 0) is 11.2 Å². The van der Waals surface area contributed by atoms with Gasteiger partial charge in [0, 0.05) is 5.69 Å². The van der Waals surface area contributed by atoms with Gasteiger partial charge in [0.1, 0.15) is 0 Å². The number of carbonyl (C=O) groups is 1. The van der Waals surface area contributed by atoms with Crippen LogP contribution >= 0.6 is 0 Å². The molecule has 0 aliphatic heterocycles. The molecule has 3 nitrogen and oxygen atoms in total. The van der Waals surface area contributed by atoms with Crippen LogP contribution in [0.4, 0.5) is 5.69 Å². The lowest BCUT2D eigenvalue weighted by molar-refractivity contribution is -0.121. The highest BCUT2D eigenvalue weighted by Crippen LogP contribution is 2.17. The Morgan fingerprint density at radius 1 is 1.10 bits per heavy atom. The molecule has 1 amide bonds. The summed E-state index contributed by atoms with van der Waals surface area (Å²) < 4.78 is 0. The van der Waals surface area contributed by atoms with E-state index in [2.05, 4.69) is 43.4 Å². The second-order valence-electron chi connectivity index (χ2n) is 5.36. The number of carbonyl (C=O) groups excluding carboxylic acids is 1. The van der Waals surface area contributed by atoms with Gasteiger partial charge in [-0.3, -0.25) is 4.79 Å². The number of amides is 1. The number of nitrogen functional groups attached to an aromatic ring is 1. The van der Waals surface area contributed by atoms with Gasteiger partial charge in [0.05, 0.1) is 12.5 Å². The lowest BCUT2D eigenvalue weighted by Crippen LogP contribution is -2.29. The van der Waals surface area contributed by atoms with Gasteiger partial charge in [-0.2, -0.15) is 0 Å². The molecule has 110 valence electrons. The van der Waals surface area contributed by atoms with Crippen molar-refractivity contribution in [1.29, 1.82) is 0 Å². The molecular formula is C18H22N2O. The zero-order valence-electron chi connectivity index (χ0n) is 12.6. The normalized spacial score (nSPS) is 11.9. The molecule has 3 N–H and O–H groups in total. The van der Waals surface area contributed by atoms with Gasteiger partial charge < -0.3 is 11.1 Å². The van der Waals surface area contributed by atoms with Crippen LogP contribution in [-0.4, -0.2) is 5.91 Å². The highest BCUT2D eigenvalue weighted by Gasteiger charge is 2.12. The van der Waals surface area contributed by atoms with Crippen LogP contribution < -0.4 is 11.1 Å². The van der Waals surface area contributed by atoms with E-state index >= 15 is 0 Å². The Bertz CT molecular complexity index is 588. The average molecular weight is 282 g/mol. The van der Waals surface area contributed by atoms with Gasteiger partial charge in [-0.05, 0) is 36.6 Å². The summed E-state index contributed by atoms with van der Waals surface area (Å²) in [6.07, 6.45) is 1.25. The first-order valence-electron chi connectivity index (χ1n) is 7.29. The summed E-state index contributed by atoms with van der Waals surface area (Å²) in [5.41, 5.74) is 9.70. The fraction of sp³-hybridized carbons (Fsp3) is 0.278. The van der Waals surface area contributed by atoms with E-state index in [4.69, 9.17) is 5.73 Å². The van der Waals surface area contributed by atoms with Gasteiger partial charge in [0.2, 0.25) is 5.91 Å². The van der Waals surface area contributed by atoms with Crippen molar-refractivity contribution in [3.05, 3.63) is 65.2 Å². The number of nitrogens with one attached hydrogen (secondary N) is 1. The Hall–Kier alpha value is -2.29. The van der Waals surface area contributed by atoms with Crippen molar-refractivity contribution >= 4 is 11.6 Å². The highest BCUT2D eigenvalue weighted by molar-refractivity contribution is 5.79. The smallest absolute Gasteiger partial charge is 0.224 e. The summed E-state index contributed by atoms with van der Waals surface area (Å²) in [5, 5.41) is 3.10. The summed E-state index contributed by atoms with van der Waals surface area (Å²) in [5.74, 6) is 0.0344. The molecule has 0 saturated heterocycles. The molecule has 0 heterocycles. The van der Waals surface area contributed by atoms with Crippen molar-refractivity contribution in [2.24, 2.45) is 0 Å². The number of benzene rings is 2. The molecule has 0 aromatic heterocycles. The third kappa shape index (κ3) is 4.35. The molecule has 0 aliphatic carbocycles. The molecule has 0 bridgehead atoms. The molecule has 2 aromatic carbocycles. The molecule has 2 rings (SSSR count). The summed E-state index contributed by atoms with van der Waals surface area (Å²) in [6, 6.07) is 15.8. The first-order valence-corrected chi connectivity index (χ1v) is 7.29. The van der Waals surface area contributed by atoms with E-state index in [9.17, 15) is 4.79 Å². The molecular weight excluding hydrogens is 260 g/mol. The van der Waals surface area contributed by atoms with E-state index in [0.717, 1.165) is 17.5 Å². The van der Waals surface area contributed by atoms with E-state index in [1.54, 1.807) is 0 Å². The number of anilines is 1. The lowest BCUT2D eigenvalue weighted by Gasteiger charge is -2.18. The van der Waals surface area contributed by atoms with Gasteiger partial charge in [-0.25, -0.2) is 0 Å². The van der Waals surface area contributed by atoms with E-state index in [0.29, 0.717) is 12.1 Å². The zero-order valence-corrected chi connectivity index (χ0v) is 12.6. The van der Waals surface area contributed by atoms with Crippen LogP contribution in [0.1, 0.15) is 36.1 Å². The van der Waals surface area contributed by atoms with E-state index in [-0.39, 0.29) is 11.9 Å².